The number of aryl methyl sites for hydroxylation is 1. The normalized spacial score (nSPS) is 10.2. The van der Waals surface area contributed by atoms with E-state index in [0.29, 0.717) is 0 Å². The van der Waals surface area contributed by atoms with E-state index in [0.717, 1.165) is 7.11 Å². The summed E-state index contributed by atoms with van der Waals surface area (Å²) in [5, 5.41) is 0. The van der Waals surface area contributed by atoms with Gasteiger partial charge in [0.05, 0.1) is 0 Å². The summed E-state index contributed by atoms with van der Waals surface area (Å²) in [4.78, 5) is 15.4. The van der Waals surface area contributed by atoms with Crippen LogP contribution in [0.25, 0.3) is 0 Å². The molecule has 4 nitrogen and oxygen atoms in total. The Morgan fingerprint density at radius 1 is 1.23 bits per heavy atom. The number of rotatable bonds is 1. The molecule has 13 heavy (non-hydrogen) atoms. The number of phosphoric acid groups is 1. The molecule has 0 unspecified atom stereocenters. The van der Waals surface area contributed by atoms with Gasteiger partial charge >= 0.3 is 7.82 Å². The molecule has 0 atom stereocenters. The van der Waals surface area contributed by atoms with Crippen molar-refractivity contribution in [2.45, 2.75) is 6.92 Å². The van der Waals surface area contributed by atoms with E-state index in [1.807, 2.05) is 18.2 Å². The highest BCUT2D eigenvalue weighted by molar-refractivity contribution is 7.46. The van der Waals surface area contributed by atoms with Crippen LogP contribution < -0.4 is 0 Å². The maximum absolute atomic E-state index is 9.47. The fourth-order valence-electron chi connectivity index (χ4n) is 0.534. The summed E-state index contributed by atoms with van der Waals surface area (Å²) in [7, 11) is -3.20. The molecule has 0 radical (unpaired) electrons. The molecule has 0 heterocycles. The van der Waals surface area contributed by atoms with Gasteiger partial charge in [-0.05, 0) is 6.92 Å². The smallest absolute Gasteiger partial charge is 0.303 e. The fraction of sp³-hybridized carbons (Fsp3) is 0.250. The lowest BCUT2D eigenvalue weighted by Crippen LogP contribution is -1.76. The van der Waals surface area contributed by atoms with Crippen molar-refractivity contribution in [3.05, 3.63) is 35.9 Å². The third kappa shape index (κ3) is 9.24. The van der Waals surface area contributed by atoms with Crippen LogP contribution in [0.1, 0.15) is 5.56 Å². The summed E-state index contributed by atoms with van der Waals surface area (Å²) in [6.07, 6.45) is 0. The summed E-state index contributed by atoms with van der Waals surface area (Å²) in [6.45, 7) is 2.08. The van der Waals surface area contributed by atoms with Crippen LogP contribution in [0.2, 0.25) is 0 Å². The predicted molar refractivity (Wildman–Crippen MR) is 50.2 cm³/mol. The summed E-state index contributed by atoms with van der Waals surface area (Å²) >= 11 is 0. The van der Waals surface area contributed by atoms with Gasteiger partial charge < -0.3 is 9.79 Å². The number of hydrogen-bond acceptors (Lipinski definition) is 2. The largest absolute Gasteiger partial charge is 0.469 e. The molecule has 1 rings (SSSR count). The molecule has 1 aromatic carbocycles. The highest BCUT2D eigenvalue weighted by Crippen LogP contribution is 2.33. The standard InChI is InChI=1S/C7H8.CH5O4P/c1-7-5-3-2-4-6-7;1-5-6(2,3)4/h2-6H,1H3;1H3,(H2,2,3,4). The minimum Gasteiger partial charge on any atom is -0.303 e. The molecular formula is C8H13O4P. The molecule has 0 aliphatic rings. The summed E-state index contributed by atoms with van der Waals surface area (Å²) in [5.41, 5.74) is 1.32. The lowest BCUT2D eigenvalue weighted by Gasteiger charge is -1.93. The van der Waals surface area contributed by atoms with Crippen molar-refractivity contribution < 1.29 is 18.9 Å². The highest BCUT2D eigenvalue weighted by Gasteiger charge is 2.07. The van der Waals surface area contributed by atoms with Gasteiger partial charge in [0.15, 0.2) is 0 Å². The van der Waals surface area contributed by atoms with Crippen molar-refractivity contribution >= 4 is 7.82 Å². The average molecular weight is 204 g/mol. The Bertz CT molecular complexity index is 267. The SMILES string of the molecule is COP(=O)(O)O.Cc1ccccc1. The van der Waals surface area contributed by atoms with E-state index in [1.165, 1.54) is 5.56 Å². The lowest BCUT2D eigenvalue weighted by atomic mass is 10.2. The second kappa shape index (κ2) is 5.89. The van der Waals surface area contributed by atoms with Gasteiger partial charge in [0.1, 0.15) is 0 Å². The van der Waals surface area contributed by atoms with Crippen LogP contribution in [-0.4, -0.2) is 16.9 Å². The number of hydrogen-bond donors (Lipinski definition) is 2. The van der Waals surface area contributed by atoms with Crippen LogP contribution in [0.3, 0.4) is 0 Å². The molecule has 1 aromatic rings. The van der Waals surface area contributed by atoms with Gasteiger partial charge in [-0.25, -0.2) is 4.57 Å². The van der Waals surface area contributed by atoms with Crippen molar-refractivity contribution in [1.29, 1.82) is 0 Å². The Balaban J connectivity index is 0.000000226. The topological polar surface area (TPSA) is 66.8 Å². The molecule has 0 bridgehead atoms. The average Bonchev–Trinajstić information content (AvgIpc) is 2.06. The minimum atomic E-state index is -4.15. The van der Waals surface area contributed by atoms with E-state index in [4.69, 9.17) is 9.79 Å². The third-order valence-electron chi connectivity index (χ3n) is 1.18. The van der Waals surface area contributed by atoms with E-state index in [2.05, 4.69) is 23.6 Å². The molecular weight excluding hydrogens is 191 g/mol. The van der Waals surface area contributed by atoms with Crippen molar-refractivity contribution in [3.63, 3.8) is 0 Å². The van der Waals surface area contributed by atoms with Crippen LogP contribution >= 0.6 is 7.82 Å². The summed E-state index contributed by atoms with van der Waals surface area (Å²) < 4.78 is 13.1. The first-order chi connectivity index (χ1) is 5.95. The molecule has 74 valence electrons. The van der Waals surface area contributed by atoms with Gasteiger partial charge in [-0.15, -0.1) is 0 Å². The van der Waals surface area contributed by atoms with E-state index in [1.54, 1.807) is 0 Å². The fourth-order valence-corrected chi connectivity index (χ4v) is 0.534. The molecule has 0 spiro atoms. The molecule has 0 aliphatic carbocycles. The van der Waals surface area contributed by atoms with Crippen LogP contribution in [0.15, 0.2) is 30.3 Å². The van der Waals surface area contributed by atoms with Crippen LogP contribution in [0.4, 0.5) is 0 Å². The van der Waals surface area contributed by atoms with Gasteiger partial charge in [0, 0.05) is 7.11 Å². The first-order valence-electron chi connectivity index (χ1n) is 3.58. The Morgan fingerprint density at radius 3 is 1.77 bits per heavy atom. The maximum atomic E-state index is 9.47. The zero-order valence-electron chi connectivity index (χ0n) is 7.54. The lowest BCUT2D eigenvalue weighted by molar-refractivity contribution is 0.235. The van der Waals surface area contributed by atoms with Crippen molar-refractivity contribution in [2.75, 3.05) is 7.11 Å². The van der Waals surface area contributed by atoms with Crippen molar-refractivity contribution in [3.8, 4) is 0 Å². The molecule has 0 aromatic heterocycles. The molecule has 0 amide bonds. The first-order valence-corrected chi connectivity index (χ1v) is 5.11. The zero-order chi connectivity index (χ0) is 10.3. The second-order valence-electron chi connectivity index (χ2n) is 2.33. The van der Waals surface area contributed by atoms with Gasteiger partial charge in [-0.1, -0.05) is 35.9 Å². The third-order valence-corrected chi connectivity index (χ3v) is 1.65. The summed E-state index contributed by atoms with van der Waals surface area (Å²) in [5.74, 6) is 0. The van der Waals surface area contributed by atoms with Gasteiger partial charge in [-0.3, -0.25) is 4.52 Å². The quantitative estimate of drug-likeness (QED) is 0.683. The van der Waals surface area contributed by atoms with Gasteiger partial charge in [-0.2, -0.15) is 0 Å². The molecule has 0 fully saturated rings. The van der Waals surface area contributed by atoms with Crippen LogP contribution in [0, 0.1) is 6.92 Å². The van der Waals surface area contributed by atoms with E-state index < -0.39 is 7.82 Å². The zero-order valence-corrected chi connectivity index (χ0v) is 8.44. The minimum absolute atomic E-state index is 0.945. The maximum Gasteiger partial charge on any atom is 0.469 e. The molecule has 0 aliphatic heterocycles. The Kier molecular flexibility index (Phi) is 5.58. The van der Waals surface area contributed by atoms with E-state index in [9.17, 15) is 4.57 Å². The van der Waals surface area contributed by atoms with E-state index >= 15 is 0 Å². The van der Waals surface area contributed by atoms with Crippen LogP contribution in [-0.2, 0) is 9.09 Å². The predicted octanol–water partition coefficient (Wildman–Crippen LogP) is 1.72. The molecule has 0 saturated heterocycles. The van der Waals surface area contributed by atoms with Crippen LogP contribution in [0.5, 0.6) is 0 Å². The molecule has 0 saturated carbocycles. The van der Waals surface area contributed by atoms with E-state index in [-0.39, 0.29) is 0 Å². The highest BCUT2D eigenvalue weighted by atomic mass is 31.2. The molecule has 2 N–H and O–H groups in total. The van der Waals surface area contributed by atoms with Crippen molar-refractivity contribution in [2.24, 2.45) is 0 Å². The first kappa shape index (κ1) is 12.3. The Hall–Kier alpha value is -0.670. The second-order valence-corrected chi connectivity index (χ2v) is 3.67. The summed E-state index contributed by atoms with van der Waals surface area (Å²) in [6, 6.07) is 10.3. The monoisotopic (exact) mass is 204 g/mol. The molecule has 5 heteroatoms. The Labute approximate surface area is 77.4 Å². The van der Waals surface area contributed by atoms with Gasteiger partial charge in [0.2, 0.25) is 0 Å². The van der Waals surface area contributed by atoms with Gasteiger partial charge in [0.25, 0.3) is 0 Å². The number of benzene rings is 1. The Morgan fingerprint density at radius 2 is 1.62 bits per heavy atom. The van der Waals surface area contributed by atoms with Crippen molar-refractivity contribution in [1.82, 2.24) is 0 Å². The number of phosphoric ester groups is 1.